The van der Waals surface area contributed by atoms with E-state index in [1.54, 1.807) is 18.7 Å². The lowest BCUT2D eigenvalue weighted by molar-refractivity contribution is -0.121. The van der Waals surface area contributed by atoms with Crippen LogP contribution in [0.1, 0.15) is 6.42 Å². The van der Waals surface area contributed by atoms with Gasteiger partial charge in [0, 0.05) is 17.4 Å². The smallest absolute Gasteiger partial charge is 0.150 e. The number of carbonyl (C=O) groups is 1. The number of aldehydes is 1. The quantitative estimate of drug-likeness (QED) is 0.752. The van der Waals surface area contributed by atoms with E-state index in [-0.39, 0.29) is 6.10 Å². The van der Waals surface area contributed by atoms with E-state index in [1.807, 2.05) is 22.8 Å². The van der Waals surface area contributed by atoms with E-state index in [4.69, 9.17) is 16.3 Å². The SMILES string of the molecule is O=CC(Cn1ccnc1)OC1C=C(Cl)C=CC1. The molecule has 4 nitrogen and oxygen atoms in total. The first-order chi connectivity index (χ1) is 8.28. The van der Waals surface area contributed by atoms with Gasteiger partial charge in [-0.15, -0.1) is 0 Å². The third-order valence-electron chi connectivity index (χ3n) is 2.44. The summed E-state index contributed by atoms with van der Waals surface area (Å²) in [7, 11) is 0. The van der Waals surface area contributed by atoms with Crippen LogP contribution in [-0.4, -0.2) is 28.0 Å². The summed E-state index contributed by atoms with van der Waals surface area (Å²) >= 11 is 5.87. The highest BCUT2D eigenvalue weighted by Crippen LogP contribution is 2.17. The number of carbonyl (C=O) groups excluding carboxylic acids is 1. The lowest BCUT2D eigenvalue weighted by Gasteiger charge is -2.20. The monoisotopic (exact) mass is 252 g/mol. The first kappa shape index (κ1) is 12.1. The van der Waals surface area contributed by atoms with E-state index >= 15 is 0 Å². The zero-order valence-electron chi connectivity index (χ0n) is 9.20. The topological polar surface area (TPSA) is 44.1 Å². The molecule has 1 aromatic rings. The number of ether oxygens (including phenoxy) is 1. The molecular formula is C12H13ClN2O2. The molecule has 0 bridgehead atoms. The number of hydrogen-bond donors (Lipinski definition) is 0. The number of imidazole rings is 1. The fourth-order valence-corrected chi connectivity index (χ4v) is 1.89. The molecule has 0 aromatic carbocycles. The predicted molar refractivity (Wildman–Crippen MR) is 64.6 cm³/mol. The van der Waals surface area contributed by atoms with E-state index in [1.165, 1.54) is 0 Å². The van der Waals surface area contributed by atoms with Gasteiger partial charge in [0.25, 0.3) is 0 Å². The number of halogens is 1. The Morgan fingerprint density at radius 3 is 3.24 bits per heavy atom. The molecule has 0 amide bonds. The van der Waals surface area contributed by atoms with E-state index in [9.17, 15) is 4.79 Å². The highest BCUT2D eigenvalue weighted by molar-refractivity contribution is 6.31. The van der Waals surface area contributed by atoms with Crippen molar-refractivity contribution in [2.24, 2.45) is 0 Å². The molecule has 2 atom stereocenters. The number of nitrogens with zero attached hydrogens (tertiary/aromatic N) is 2. The fraction of sp³-hybridized carbons (Fsp3) is 0.333. The van der Waals surface area contributed by atoms with Gasteiger partial charge in [0.05, 0.1) is 19.0 Å². The molecule has 0 N–H and O–H groups in total. The Balaban J connectivity index is 1.91. The van der Waals surface area contributed by atoms with Crippen LogP contribution in [0.3, 0.4) is 0 Å². The van der Waals surface area contributed by atoms with Crippen molar-refractivity contribution < 1.29 is 9.53 Å². The zero-order valence-corrected chi connectivity index (χ0v) is 9.96. The highest BCUT2D eigenvalue weighted by atomic mass is 35.5. The lowest BCUT2D eigenvalue weighted by Crippen LogP contribution is -2.26. The summed E-state index contributed by atoms with van der Waals surface area (Å²) in [6.45, 7) is 0.467. The van der Waals surface area contributed by atoms with E-state index in [0.29, 0.717) is 11.6 Å². The van der Waals surface area contributed by atoms with Crippen molar-refractivity contribution in [3.8, 4) is 0 Å². The third-order valence-corrected chi connectivity index (χ3v) is 2.69. The van der Waals surface area contributed by atoms with Crippen LogP contribution in [0.5, 0.6) is 0 Å². The van der Waals surface area contributed by atoms with Crippen LogP contribution in [0, 0.1) is 0 Å². The van der Waals surface area contributed by atoms with Crippen molar-refractivity contribution in [2.75, 3.05) is 0 Å². The van der Waals surface area contributed by atoms with Crippen LogP contribution in [0.25, 0.3) is 0 Å². The van der Waals surface area contributed by atoms with E-state index in [0.717, 1.165) is 12.7 Å². The second kappa shape index (κ2) is 5.80. The molecule has 17 heavy (non-hydrogen) atoms. The minimum Gasteiger partial charge on any atom is -0.361 e. The molecular weight excluding hydrogens is 240 g/mol. The van der Waals surface area contributed by atoms with Gasteiger partial charge in [-0.2, -0.15) is 0 Å². The third kappa shape index (κ3) is 3.54. The standard InChI is InChI=1S/C12H13ClN2O2/c13-10-2-1-3-11(6-10)17-12(8-16)7-15-5-4-14-9-15/h1-2,4-6,8-9,11-12H,3,7H2. The molecule has 1 aliphatic carbocycles. The van der Waals surface area contributed by atoms with Crippen LogP contribution < -0.4 is 0 Å². The summed E-state index contributed by atoms with van der Waals surface area (Å²) in [6, 6.07) is 0. The zero-order chi connectivity index (χ0) is 12.1. The Kier molecular flexibility index (Phi) is 4.12. The molecule has 0 saturated heterocycles. The molecule has 0 aliphatic heterocycles. The summed E-state index contributed by atoms with van der Waals surface area (Å²) in [5, 5.41) is 0.647. The summed E-state index contributed by atoms with van der Waals surface area (Å²) in [5.74, 6) is 0. The van der Waals surface area contributed by atoms with Gasteiger partial charge in [-0.25, -0.2) is 4.98 Å². The van der Waals surface area contributed by atoms with Gasteiger partial charge in [-0.3, -0.25) is 0 Å². The minimum absolute atomic E-state index is 0.133. The predicted octanol–water partition coefficient (Wildman–Crippen LogP) is 1.92. The van der Waals surface area contributed by atoms with Crippen molar-refractivity contribution in [3.63, 3.8) is 0 Å². The first-order valence-electron chi connectivity index (χ1n) is 5.38. The van der Waals surface area contributed by atoms with Gasteiger partial charge >= 0.3 is 0 Å². The van der Waals surface area contributed by atoms with Gasteiger partial charge in [0.1, 0.15) is 6.10 Å². The van der Waals surface area contributed by atoms with Gasteiger partial charge < -0.3 is 14.1 Å². The maximum absolute atomic E-state index is 11.0. The Labute approximate surface area is 105 Å². The molecule has 5 heteroatoms. The molecule has 90 valence electrons. The van der Waals surface area contributed by atoms with Crippen molar-refractivity contribution in [3.05, 3.63) is 42.0 Å². The van der Waals surface area contributed by atoms with Crippen LogP contribution in [0.4, 0.5) is 0 Å². The van der Waals surface area contributed by atoms with Gasteiger partial charge in [-0.05, 0) is 18.6 Å². The molecule has 2 unspecified atom stereocenters. The molecule has 1 aromatic heterocycles. The molecule has 0 saturated carbocycles. The molecule has 0 spiro atoms. The molecule has 1 aliphatic rings. The maximum Gasteiger partial charge on any atom is 0.150 e. The summed E-state index contributed by atoms with van der Waals surface area (Å²) in [6.07, 6.45) is 11.6. The lowest BCUT2D eigenvalue weighted by atomic mass is 10.1. The van der Waals surface area contributed by atoms with Crippen LogP contribution in [-0.2, 0) is 16.1 Å². The van der Waals surface area contributed by atoms with Crippen molar-refractivity contribution in [2.45, 2.75) is 25.2 Å². The molecule has 0 fully saturated rings. The maximum atomic E-state index is 11.0. The second-order valence-electron chi connectivity index (χ2n) is 3.80. The van der Waals surface area contributed by atoms with Gasteiger partial charge in [-0.1, -0.05) is 17.7 Å². The Morgan fingerprint density at radius 2 is 2.59 bits per heavy atom. The van der Waals surface area contributed by atoms with E-state index in [2.05, 4.69) is 4.98 Å². The second-order valence-corrected chi connectivity index (χ2v) is 4.23. The number of rotatable bonds is 5. The Bertz CT molecular complexity index is 426. The molecule has 0 radical (unpaired) electrons. The van der Waals surface area contributed by atoms with Crippen molar-refractivity contribution >= 4 is 17.9 Å². The summed E-state index contributed by atoms with van der Waals surface area (Å²) in [4.78, 5) is 14.9. The Morgan fingerprint density at radius 1 is 1.71 bits per heavy atom. The van der Waals surface area contributed by atoms with Crippen molar-refractivity contribution in [1.82, 2.24) is 9.55 Å². The first-order valence-corrected chi connectivity index (χ1v) is 5.76. The van der Waals surface area contributed by atoms with E-state index < -0.39 is 6.10 Å². The van der Waals surface area contributed by atoms with Gasteiger partial charge in [0.15, 0.2) is 6.29 Å². The van der Waals surface area contributed by atoms with Crippen molar-refractivity contribution in [1.29, 1.82) is 0 Å². The minimum atomic E-state index is -0.485. The fourth-order valence-electron chi connectivity index (χ4n) is 1.66. The average Bonchev–Trinajstić information content (AvgIpc) is 2.81. The Hall–Kier alpha value is -1.39. The van der Waals surface area contributed by atoms with Gasteiger partial charge in [0.2, 0.25) is 0 Å². The molecule has 2 rings (SSSR count). The number of hydrogen-bond acceptors (Lipinski definition) is 3. The number of allylic oxidation sites excluding steroid dienone is 2. The van der Waals surface area contributed by atoms with Crippen LogP contribution >= 0.6 is 11.6 Å². The number of aromatic nitrogens is 2. The average molecular weight is 253 g/mol. The highest BCUT2D eigenvalue weighted by Gasteiger charge is 2.16. The van der Waals surface area contributed by atoms with Crippen LogP contribution in [0.2, 0.25) is 0 Å². The largest absolute Gasteiger partial charge is 0.361 e. The normalized spacial score (nSPS) is 21.0. The summed E-state index contributed by atoms with van der Waals surface area (Å²) < 4.78 is 7.46. The molecule has 1 heterocycles. The summed E-state index contributed by atoms with van der Waals surface area (Å²) in [5.41, 5.74) is 0. The van der Waals surface area contributed by atoms with Crippen LogP contribution in [0.15, 0.2) is 42.0 Å².